The predicted molar refractivity (Wildman–Crippen MR) is 185 cm³/mol. The number of para-hydroxylation sites is 1. The number of rotatable bonds is 15. The van der Waals surface area contributed by atoms with Crippen molar-refractivity contribution in [2.75, 3.05) is 25.6 Å². The number of amides is 1. The minimum absolute atomic E-state index is 0.126. The van der Waals surface area contributed by atoms with E-state index in [0.717, 1.165) is 37.7 Å². The topological polar surface area (TPSA) is 93.7 Å². The van der Waals surface area contributed by atoms with Gasteiger partial charge in [-0.15, -0.1) is 0 Å². The highest BCUT2D eigenvalue weighted by Gasteiger charge is 2.39. The molecule has 47 heavy (non-hydrogen) atoms. The van der Waals surface area contributed by atoms with Crippen molar-refractivity contribution in [1.82, 2.24) is 5.32 Å². The third-order valence-electron chi connectivity index (χ3n) is 8.94. The summed E-state index contributed by atoms with van der Waals surface area (Å²) in [6, 6.07) is 33.5. The molecule has 1 fully saturated rings. The number of benzene rings is 4. The van der Waals surface area contributed by atoms with Crippen LogP contribution in [-0.4, -0.2) is 44.0 Å². The summed E-state index contributed by atoms with van der Waals surface area (Å²) in [5.41, 5.74) is 3.43. The summed E-state index contributed by atoms with van der Waals surface area (Å²) in [5, 5.41) is 6.44. The molecule has 1 aliphatic rings. The molecule has 0 bridgehead atoms. The Morgan fingerprint density at radius 3 is 2.13 bits per heavy atom. The standard InChI is InChI=1S/C40H44N2O5/c1-46-38(44)36(42-35-19-10-9-18-34(35)37(43)32-16-7-3-8-17-32)28-30-20-22-33(23-21-30)47-27-13-26-41-39(45)40(24-11-4-12-25-40)29-31-14-5-2-6-15-31/h2-3,5-10,14-23,36,42H,4,11-13,24-29H2,1H3,(H,41,45)/t36-/m0/s1. The minimum atomic E-state index is -0.700. The number of esters is 1. The van der Waals surface area contributed by atoms with Gasteiger partial charge in [0.25, 0.3) is 0 Å². The summed E-state index contributed by atoms with van der Waals surface area (Å²) < 4.78 is 11.1. The van der Waals surface area contributed by atoms with Crippen LogP contribution >= 0.6 is 0 Å². The van der Waals surface area contributed by atoms with Crippen LogP contribution in [0.4, 0.5) is 5.69 Å². The van der Waals surface area contributed by atoms with E-state index in [4.69, 9.17) is 9.47 Å². The maximum atomic E-state index is 13.4. The monoisotopic (exact) mass is 632 g/mol. The summed E-state index contributed by atoms with van der Waals surface area (Å²) in [7, 11) is 1.36. The molecule has 0 radical (unpaired) electrons. The molecule has 1 amide bonds. The fourth-order valence-corrected chi connectivity index (χ4v) is 6.38. The lowest BCUT2D eigenvalue weighted by Gasteiger charge is -2.36. The van der Waals surface area contributed by atoms with Gasteiger partial charge in [0, 0.05) is 29.8 Å². The van der Waals surface area contributed by atoms with Crippen molar-refractivity contribution in [2.45, 2.75) is 57.4 Å². The van der Waals surface area contributed by atoms with Crippen molar-refractivity contribution in [3.63, 3.8) is 0 Å². The molecule has 2 N–H and O–H groups in total. The lowest BCUT2D eigenvalue weighted by molar-refractivity contribution is -0.141. The predicted octanol–water partition coefficient (Wildman–Crippen LogP) is 7.19. The molecular weight excluding hydrogens is 588 g/mol. The number of anilines is 1. The Morgan fingerprint density at radius 1 is 0.766 bits per heavy atom. The van der Waals surface area contributed by atoms with E-state index in [9.17, 15) is 14.4 Å². The number of methoxy groups -OCH3 is 1. The number of carbonyl (C=O) groups excluding carboxylic acids is 3. The van der Waals surface area contributed by atoms with Crippen molar-refractivity contribution in [1.29, 1.82) is 0 Å². The Labute approximate surface area is 277 Å². The summed E-state index contributed by atoms with van der Waals surface area (Å²) in [6.45, 7) is 1.04. The van der Waals surface area contributed by atoms with E-state index < -0.39 is 12.0 Å². The van der Waals surface area contributed by atoms with E-state index >= 15 is 0 Å². The third-order valence-corrected chi connectivity index (χ3v) is 8.94. The van der Waals surface area contributed by atoms with Gasteiger partial charge >= 0.3 is 5.97 Å². The van der Waals surface area contributed by atoms with E-state index in [1.165, 1.54) is 19.1 Å². The zero-order valence-electron chi connectivity index (χ0n) is 27.1. The lowest BCUT2D eigenvalue weighted by atomic mass is 9.69. The van der Waals surface area contributed by atoms with Gasteiger partial charge in [0.15, 0.2) is 5.78 Å². The fourth-order valence-electron chi connectivity index (χ4n) is 6.38. The maximum absolute atomic E-state index is 13.4. The first-order valence-corrected chi connectivity index (χ1v) is 16.5. The van der Waals surface area contributed by atoms with E-state index in [1.54, 1.807) is 30.3 Å². The van der Waals surface area contributed by atoms with Gasteiger partial charge in [-0.05, 0) is 61.1 Å². The number of ether oxygens (including phenoxy) is 2. The van der Waals surface area contributed by atoms with Crippen LogP contribution in [0.5, 0.6) is 5.75 Å². The molecule has 4 aromatic carbocycles. The summed E-state index contributed by atoms with van der Waals surface area (Å²) in [6.07, 6.45) is 7.09. The van der Waals surface area contributed by atoms with Crippen molar-refractivity contribution in [3.05, 3.63) is 131 Å². The smallest absolute Gasteiger partial charge is 0.328 e. The summed E-state index contributed by atoms with van der Waals surface area (Å²) in [5.74, 6) is 0.327. The van der Waals surface area contributed by atoms with Crippen molar-refractivity contribution in [3.8, 4) is 5.75 Å². The van der Waals surface area contributed by atoms with Crippen LogP contribution < -0.4 is 15.4 Å². The van der Waals surface area contributed by atoms with Crippen LogP contribution in [0.2, 0.25) is 0 Å². The molecule has 0 heterocycles. The van der Waals surface area contributed by atoms with E-state index in [2.05, 4.69) is 22.8 Å². The van der Waals surface area contributed by atoms with Crippen molar-refractivity contribution < 1.29 is 23.9 Å². The zero-order chi connectivity index (χ0) is 32.9. The molecule has 0 spiro atoms. The SMILES string of the molecule is COC(=O)[C@H](Cc1ccc(OCCCNC(=O)C2(Cc3ccccc3)CCCCC2)cc1)Nc1ccccc1C(=O)c1ccccc1. The molecule has 0 aromatic heterocycles. The molecule has 0 saturated heterocycles. The highest BCUT2D eigenvalue weighted by molar-refractivity contribution is 6.12. The van der Waals surface area contributed by atoms with Gasteiger partial charge in [0.1, 0.15) is 11.8 Å². The Morgan fingerprint density at radius 2 is 1.43 bits per heavy atom. The molecule has 1 aliphatic carbocycles. The van der Waals surface area contributed by atoms with Gasteiger partial charge in [-0.2, -0.15) is 0 Å². The number of hydrogen-bond acceptors (Lipinski definition) is 6. The van der Waals surface area contributed by atoms with Crippen LogP contribution in [0.15, 0.2) is 109 Å². The normalized spacial score (nSPS) is 14.4. The van der Waals surface area contributed by atoms with Crippen LogP contribution in [0.25, 0.3) is 0 Å². The highest BCUT2D eigenvalue weighted by Crippen LogP contribution is 2.39. The molecule has 244 valence electrons. The molecule has 0 aliphatic heterocycles. The van der Waals surface area contributed by atoms with Gasteiger partial charge in [-0.3, -0.25) is 9.59 Å². The first kappa shape index (κ1) is 33.5. The second-order valence-electron chi connectivity index (χ2n) is 12.3. The van der Waals surface area contributed by atoms with Gasteiger partial charge < -0.3 is 20.1 Å². The van der Waals surface area contributed by atoms with E-state index in [1.807, 2.05) is 66.7 Å². The molecule has 0 unspecified atom stereocenters. The van der Waals surface area contributed by atoms with E-state index in [0.29, 0.717) is 48.6 Å². The Kier molecular flexibility index (Phi) is 11.8. The number of nitrogens with one attached hydrogen (secondary N) is 2. The summed E-state index contributed by atoms with van der Waals surface area (Å²) in [4.78, 5) is 39.4. The van der Waals surface area contributed by atoms with E-state index in [-0.39, 0.29) is 17.1 Å². The zero-order valence-corrected chi connectivity index (χ0v) is 27.1. The third kappa shape index (κ3) is 9.09. The van der Waals surface area contributed by atoms with Gasteiger partial charge in [0.2, 0.25) is 5.91 Å². The second kappa shape index (κ2) is 16.6. The Hall–Kier alpha value is -4.91. The average molecular weight is 633 g/mol. The molecule has 4 aromatic rings. The molecule has 7 heteroatoms. The first-order valence-electron chi connectivity index (χ1n) is 16.5. The lowest BCUT2D eigenvalue weighted by Crippen LogP contribution is -2.44. The Bertz CT molecular complexity index is 1600. The number of hydrogen-bond donors (Lipinski definition) is 2. The average Bonchev–Trinajstić information content (AvgIpc) is 3.12. The van der Waals surface area contributed by atoms with Crippen LogP contribution in [0.3, 0.4) is 0 Å². The molecule has 1 saturated carbocycles. The quantitative estimate of drug-likeness (QED) is 0.0819. The van der Waals surface area contributed by atoms with Crippen LogP contribution in [-0.2, 0) is 27.2 Å². The number of ketones is 1. The van der Waals surface area contributed by atoms with Crippen LogP contribution in [0, 0.1) is 5.41 Å². The molecule has 1 atom stereocenters. The second-order valence-corrected chi connectivity index (χ2v) is 12.3. The maximum Gasteiger partial charge on any atom is 0.328 e. The molecular formula is C40H44N2O5. The summed E-state index contributed by atoms with van der Waals surface area (Å²) >= 11 is 0. The van der Waals surface area contributed by atoms with Gasteiger partial charge in [-0.1, -0.05) is 104 Å². The van der Waals surface area contributed by atoms with Crippen molar-refractivity contribution in [2.24, 2.45) is 5.41 Å². The highest BCUT2D eigenvalue weighted by atomic mass is 16.5. The largest absolute Gasteiger partial charge is 0.494 e. The van der Waals surface area contributed by atoms with Gasteiger partial charge in [-0.25, -0.2) is 4.79 Å². The Balaban J connectivity index is 1.12. The minimum Gasteiger partial charge on any atom is -0.494 e. The first-order chi connectivity index (χ1) is 23.0. The van der Waals surface area contributed by atoms with Crippen molar-refractivity contribution >= 4 is 23.3 Å². The molecule has 5 rings (SSSR count). The van der Waals surface area contributed by atoms with Crippen LogP contribution in [0.1, 0.15) is 65.6 Å². The fraction of sp³-hybridized carbons (Fsp3) is 0.325. The number of carbonyl (C=O) groups is 3. The van der Waals surface area contributed by atoms with Gasteiger partial charge in [0.05, 0.1) is 19.1 Å². The molecule has 7 nitrogen and oxygen atoms in total.